The zero-order chi connectivity index (χ0) is 3.54. The van der Waals surface area contributed by atoms with Crippen LogP contribution in [-0.4, -0.2) is 11.0 Å². The number of allylic oxidation sites excluding steroid dienone is 4. The molecule has 0 spiro atoms. The quantitative estimate of drug-likeness (QED) is 0.292. The third-order valence-corrected chi connectivity index (χ3v) is 0.655. The van der Waals surface area contributed by atoms with Crippen molar-refractivity contribution in [3.63, 3.8) is 0 Å². The number of hydrogen-bond donors (Lipinski definition) is 0. The summed E-state index contributed by atoms with van der Waals surface area (Å²) < 4.78 is 0. The van der Waals surface area contributed by atoms with Gasteiger partial charge in [-0.3, -0.25) is 0 Å². The zero-order valence-corrected chi connectivity index (χ0v) is 4.02. The van der Waals surface area contributed by atoms with Crippen LogP contribution in [0.15, 0.2) is 24.3 Å². The van der Waals surface area contributed by atoms with E-state index in [0.29, 0.717) is 0 Å². The van der Waals surface area contributed by atoms with Gasteiger partial charge in [0.1, 0.15) is 0 Å². The Morgan fingerprint density at radius 3 is 1.71 bits per heavy atom. The van der Waals surface area contributed by atoms with Crippen LogP contribution in [0.25, 0.3) is 0 Å². The first-order valence-electron chi connectivity index (χ1n) is 1.82. The fraction of sp³-hybridized carbons (Fsp3) is 0.200. The van der Waals surface area contributed by atoms with Gasteiger partial charge in [-0.25, -0.2) is 0 Å². The first-order chi connectivity index (χ1) is 2.50. The minimum atomic E-state index is 0. The van der Waals surface area contributed by atoms with Crippen LogP contribution in [-0.2, 0) is 0 Å². The van der Waals surface area contributed by atoms with E-state index in [1.807, 2.05) is 0 Å². The number of rotatable bonds is 0. The molecule has 1 aliphatic carbocycles. The summed E-state index contributed by atoms with van der Waals surface area (Å²) in [7, 11) is 0. The molecule has 0 unspecified atom stereocenters. The van der Waals surface area contributed by atoms with Crippen LogP contribution < -0.4 is 18.9 Å². The average Bonchev–Trinajstić information content (AvgIpc) is 1.76. The second-order valence-electron chi connectivity index (χ2n) is 1.09. The third kappa shape index (κ3) is 4.14. The van der Waals surface area contributed by atoms with Crippen molar-refractivity contribution in [2.45, 2.75) is 6.42 Å². The van der Waals surface area contributed by atoms with Crippen molar-refractivity contribution in [3.05, 3.63) is 24.3 Å². The second-order valence-corrected chi connectivity index (χ2v) is 1.09. The first-order valence-corrected chi connectivity index (χ1v) is 1.82. The zero-order valence-electron chi connectivity index (χ0n) is 5.02. The molecule has 0 nitrogen and oxygen atoms in total. The Morgan fingerprint density at radius 1 is 1.14 bits per heavy atom. The predicted octanol–water partition coefficient (Wildman–Crippen LogP) is -2.83. The summed E-state index contributed by atoms with van der Waals surface area (Å²) in [6.07, 6.45) is 9.50. The summed E-state index contributed by atoms with van der Waals surface area (Å²) in [5.41, 5.74) is 0. The van der Waals surface area contributed by atoms with Crippen molar-refractivity contribution in [2.75, 3.05) is 0 Å². The van der Waals surface area contributed by atoms with Crippen molar-refractivity contribution >= 4 is 11.0 Å². The summed E-state index contributed by atoms with van der Waals surface area (Å²) in [6, 6.07) is 0. The Bertz CT molecular complexity index is 70.5. The van der Waals surface area contributed by atoms with Gasteiger partial charge in [-0.15, -0.1) is 0 Å². The molecule has 36 valence electrons. The van der Waals surface area contributed by atoms with Gasteiger partial charge in [-0.2, -0.15) is 0 Å². The average molecular weight is 106 g/mol. The van der Waals surface area contributed by atoms with Crippen LogP contribution in [0, 0.1) is 0 Å². The van der Waals surface area contributed by atoms with Crippen molar-refractivity contribution in [3.8, 4) is 0 Å². The van der Waals surface area contributed by atoms with Gasteiger partial charge >= 0.3 is 18.9 Å². The minimum Gasteiger partial charge on any atom is -1.00 e. The molecular weight excluding hydrogens is 95.1 g/mol. The predicted molar refractivity (Wildman–Crippen MR) is 35.3 cm³/mol. The molecule has 0 saturated heterocycles. The topological polar surface area (TPSA) is 0 Å². The monoisotopic (exact) mass is 106 g/mol. The maximum atomic E-state index is 2.12. The van der Waals surface area contributed by atoms with Gasteiger partial charge in [0.15, 0.2) is 0 Å². The molecule has 0 atom stereocenters. The van der Waals surface area contributed by atoms with Crippen molar-refractivity contribution in [1.82, 2.24) is 0 Å². The maximum absolute atomic E-state index is 2.12. The van der Waals surface area contributed by atoms with E-state index in [-0.39, 0.29) is 31.3 Å². The molecule has 0 aromatic rings. The van der Waals surface area contributed by atoms with Gasteiger partial charge in [-0.1, -0.05) is 24.3 Å². The Kier molecular flexibility index (Phi) is 9.27. The molecule has 7 heavy (non-hydrogen) atoms. The molecule has 1 aliphatic rings. The summed E-state index contributed by atoms with van der Waals surface area (Å²) in [5, 5.41) is 0. The van der Waals surface area contributed by atoms with E-state index < -0.39 is 0 Å². The molecule has 0 aromatic carbocycles. The van der Waals surface area contributed by atoms with E-state index in [4.69, 9.17) is 0 Å². The van der Waals surface area contributed by atoms with Gasteiger partial charge in [0, 0.05) is 0 Å². The van der Waals surface area contributed by atoms with Crippen LogP contribution in [0.5, 0.6) is 0 Å². The van der Waals surface area contributed by atoms with Crippen molar-refractivity contribution < 1.29 is 20.3 Å². The van der Waals surface area contributed by atoms with Gasteiger partial charge in [0.05, 0.1) is 0 Å². The molecule has 1 rings (SSSR count). The van der Waals surface area contributed by atoms with Gasteiger partial charge in [0.25, 0.3) is 0 Å². The van der Waals surface area contributed by atoms with Crippen LogP contribution in [0.1, 0.15) is 7.85 Å². The molecule has 0 amide bonds. The van der Waals surface area contributed by atoms with Crippen molar-refractivity contribution in [2.24, 2.45) is 0 Å². The Balaban J connectivity index is -0.0000000833. The molecule has 0 N–H and O–H groups in total. The third-order valence-electron chi connectivity index (χ3n) is 0.655. The van der Waals surface area contributed by atoms with E-state index >= 15 is 0 Å². The molecule has 0 aliphatic heterocycles. The van der Waals surface area contributed by atoms with Gasteiger partial charge in [0.2, 0.25) is 0 Å². The van der Waals surface area contributed by atoms with Crippen molar-refractivity contribution in [1.29, 1.82) is 0 Å². The van der Waals surface area contributed by atoms with E-state index in [2.05, 4.69) is 24.3 Å². The molecule has 0 aromatic heterocycles. The SMILES string of the molecule is C1=CCC=C1.[H-].[Li+].[SiH4]. The standard InChI is InChI=1S/C5H6.Li.H4Si.H/c1-2-4-5-3-1;;;/h1-4H,5H2;;1H4;/q;+1;;-1. The fourth-order valence-corrected chi connectivity index (χ4v) is 0.393. The van der Waals surface area contributed by atoms with E-state index in [1.54, 1.807) is 0 Å². The van der Waals surface area contributed by atoms with E-state index in [0.717, 1.165) is 6.42 Å². The fourth-order valence-electron chi connectivity index (χ4n) is 0.393. The van der Waals surface area contributed by atoms with Gasteiger partial charge < -0.3 is 1.43 Å². The van der Waals surface area contributed by atoms with E-state index in [1.165, 1.54) is 0 Å². The molecule has 0 radical (unpaired) electrons. The summed E-state index contributed by atoms with van der Waals surface area (Å²) in [6.45, 7) is 0. The summed E-state index contributed by atoms with van der Waals surface area (Å²) in [4.78, 5) is 0. The van der Waals surface area contributed by atoms with Gasteiger partial charge in [-0.05, 0) is 17.4 Å². The van der Waals surface area contributed by atoms with Crippen LogP contribution >= 0.6 is 0 Å². The first kappa shape index (κ1) is 10.3. The maximum Gasteiger partial charge on any atom is 1.00 e. The molecule has 0 bridgehead atoms. The molecule has 0 heterocycles. The minimum absolute atomic E-state index is 0. The summed E-state index contributed by atoms with van der Waals surface area (Å²) >= 11 is 0. The Labute approximate surface area is 62.4 Å². The largest absolute Gasteiger partial charge is 1.00 e. The molecule has 0 fully saturated rings. The Hall–Kier alpha value is 0.294. The second kappa shape index (κ2) is 6.29. The van der Waals surface area contributed by atoms with E-state index in [9.17, 15) is 0 Å². The molecule has 0 saturated carbocycles. The van der Waals surface area contributed by atoms with Crippen LogP contribution in [0.3, 0.4) is 0 Å². The summed E-state index contributed by atoms with van der Waals surface area (Å²) in [5.74, 6) is 0. The molecular formula is C5H11LiSi. The molecule has 2 heteroatoms. The van der Waals surface area contributed by atoms with Crippen LogP contribution in [0.4, 0.5) is 0 Å². The normalized spacial score (nSPS) is 12.6. The smallest absolute Gasteiger partial charge is 1.00 e. The van der Waals surface area contributed by atoms with Crippen LogP contribution in [0.2, 0.25) is 0 Å². The number of hydrogen-bond acceptors (Lipinski definition) is 0. The Morgan fingerprint density at radius 2 is 1.57 bits per heavy atom.